The van der Waals surface area contributed by atoms with Crippen molar-refractivity contribution >= 4 is 0 Å². The third-order valence-electron chi connectivity index (χ3n) is 5.44. The van der Waals surface area contributed by atoms with Crippen LogP contribution >= 0.6 is 0 Å². The van der Waals surface area contributed by atoms with E-state index < -0.39 is 11.6 Å². The first-order chi connectivity index (χ1) is 15.6. The number of fused-ring (bicyclic) bond motifs is 1. The monoisotopic (exact) mass is 425 g/mol. The van der Waals surface area contributed by atoms with Gasteiger partial charge >= 0.3 is 0 Å². The van der Waals surface area contributed by atoms with Crippen LogP contribution in [0.15, 0.2) is 89.9 Å². The second kappa shape index (κ2) is 8.15. The molecule has 0 saturated carbocycles. The molecule has 5 rings (SSSR count). The molecule has 5 nitrogen and oxygen atoms in total. The third-order valence-corrected chi connectivity index (χ3v) is 5.44. The smallest absolute Gasteiger partial charge is 0.278 e. The van der Waals surface area contributed by atoms with Crippen molar-refractivity contribution in [2.45, 2.75) is 12.8 Å². The molecule has 2 aliphatic rings. The summed E-state index contributed by atoms with van der Waals surface area (Å²) in [5.41, 5.74) is 4.40. The molecule has 0 fully saturated rings. The summed E-state index contributed by atoms with van der Waals surface area (Å²) in [7, 11) is 0. The fourth-order valence-corrected chi connectivity index (χ4v) is 3.84. The Morgan fingerprint density at radius 2 is 1.62 bits per heavy atom. The molecule has 2 N–H and O–H groups in total. The van der Waals surface area contributed by atoms with E-state index >= 15 is 0 Å². The van der Waals surface area contributed by atoms with Gasteiger partial charge in [0, 0.05) is 19.0 Å². The summed E-state index contributed by atoms with van der Waals surface area (Å²) in [6, 6.07) is 23.8. The van der Waals surface area contributed by atoms with Crippen molar-refractivity contribution < 1.29 is 9.50 Å². The van der Waals surface area contributed by atoms with Gasteiger partial charge in [0.15, 0.2) is 17.4 Å². The van der Waals surface area contributed by atoms with E-state index in [1.54, 1.807) is 16.8 Å². The van der Waals surface area contributed by atoms with Gasteiger partial charge in [0.2, 0.25) is 0 Å². The predicted molar refractivity (Wildman–Crippen MR) is 121 cm³/mol. The molecule has 0 amide bonds. The molecular weight excluding hydrogens is 405 g/mol. The number of phenolic OH excluding ortho intramolecular Hbond substituents is 1. The number of H-pyrrole nitrogens is 1. The van der Waals surface area contributed by atoms with Crippen molar-refractivity contribution in [3.8, 4) is 22.8 Å². The van der Waals surface area contributed by atoms with Gasteiger partial charge in [-0.05, 0) is 28.8 Å². The highest BCUT2D eigenvalue weighted by Gasteiger charge is 2.20. The maximum absolute atomic E-state index is 13.4. The minimum absolute atomic E-state index is 0.194. The van der Waals surface area contributed by atoms with Gasteiger partial charge in [-0.25, -0.2) is 9.37 Å². The van der Waals surface area contributed by atoms with Crippen molar-refractivity contribution in [1.82, 2.24) is 14.5 Å². The SMILES string of the molecule is O=c1c(Cc2ccc(F)c(O)c2)nc2c(Cc3ccccc3)[nH]c(-c3ccccc3)cn1-2. The van der Waals surface area contributed by atoms with E-state index in [1.165, 1.54) is 12.1 Å². The first-order valence-corrected chi connectivity index (χ1v) is 10.3. The average Bonchev–Trinajstić information content (AvgIpc) is 3.13. The molecule has 0 bridgehead atoms. The topological polar surface area (TPSA) is 70.9 Å². The van der Waals surface area contributed by atoms with Gasteiger partial charge in [-0.1, -0.05) is 66.7 Å². The van der Waals surface area contributed by atoms with Gasteiger partial charge in [-0.3, -0.25) is 9.36 Å². The Kier molecular flexibility index (Phi) is 5.03. The Hall–Kier alpha value is -4.19. The lowest BCUT2D eigenvalue weighted by atomic mass is 10.1. The Bertz CT molecular complexity index is 1410. The van der Waals surface area contributed by atoms with Crippen LogP contribution < -0.4 is 5.56 Å². The van der Waals surface area contributed by atoms with E-state index in [0.29, 0.717) is 23.5 Å². The second-order valence-electron chi connectivity index (χ2n) is 7.69. The lowest BCUT2D eigenvalue weighted by molar-refractivity contribution is 0.431. The van der Waals surface area contributed by atoms with Crippen LogP contribution in [0.4, 0.5) is 4.39 Å². The predicted octanol–water partition coefficient (Wildman–Crippen LogP) is 4.69. The Balaban J connectivity index is 1.63. The van der Waals surface area contributed by atoms with Crippen LogP contribution in [0.5, 0.6) is 5.75 Å². The number of phenols is 1. The Morgan fingerprint density at radius 1 is 0.906 bits per heavy atom. The molecule has 158 valence electrons. The van der Waals surface area contributed by atoms with Crippen LogP contribution in [0.2, 0.25) is 0 Å². The molecule has 0 aliphatic carbocycles. The molecule has 0 saturated heterocycles. The first kappa shape index (κ1) is 19.8. The molecule has 0 aromatic heterocycles. The van der Waals surface area contributed by atoms with Crippen LogP contribution in [0.3, 0.4) is 0 Å². The summed E-state index contributed by atoms with van der Waals surface area (Å²) >= 11 is 0. The van der Waals surface area contributed by atoms with Crippen LogP contribution in [0.1, 0.15) is 22.5 Å². The molecule has 0 spiro atoms. The number of aromatic hydroxyl groups is 1. The highest BCUT2D eigenvalue weighted by atomic mass is 19.1. The third kappa shape index (κ3) is 3.78. The van der Waals surface area contributed by atoms with Crippen LogP contribution in [-0.4, -0.2) is 19.6 Å². The molecule has 32 heavy (non-hydrogen) atoms. The van der Waals surface area contributed by atoms with Crippen molar-refractivity contribution in [3.05, 3.63) is 124 Å². The van der Waals surface area contributed by atoms with E-state index in [9.17, 15) is 14.3 Å². The number of benzene rings is 3. The highest BCUT2D eigenvalue weighted by Crippen LogP contribution is 2.24. The zero-order valence-electron chi connectivity index (χ0n) is 17.1. The number of aromatic amines is 1. The molecular formula is C26H20FN3O2. The maximum Gasteiger partial charge on any atom is 0.278 e. The number of aromatic nitrogens is 3. The number of imidazole rings is 1. The number of hydrogen-bond acceptors (Lipinski definition) is 3. The van der Waals surface area contributed by atoms with Crippen molar-refractivity contribution in [2.75, 3.05) is 0 Å². The van der Waals surface area contributed by atoms with Gasteiger partial charge < -0.3 is 10.1 Å². The molecule has 2 heterocycles. The maximum atomic E-state index is 13.4. The van der Waals surface area contributed by atoms with Gasteiger partial charge in [0.05, 0.1) is 11.4 Å². The molecule has 0 unspecified atom stereocenters. The summed E-state index contributed by atoms with van der Waals surface area (Å²) < 4.78 is 15.0. The Morgan fingerprint density at radius 3 is 2.34 bits per heavy atom. The first-order valence-electron chi connectivity index (χ1n) is 10.3. The summed E-state index contributed by atoms with van der Waals surface area (Å²) in [6.07, 6.45) is 2.54. The Labute approximate surface area is 183 Å². The van der Waals surface area contributed by atoms with E-state index in [-0.39, 0.29) is 12.0 Å². The zero-order valence-corrected chi connectivity index (χ0v) is 17.1. The minimum atomic E-state index is -0.696. The standard InChI is InChI=1S/C26H20FN3O2/c27-20-12-11-18(15-24(20)31)14-22-26(32)30-16-23(19-9-5-2-6-10-19)28-21(25(30)29-22)13-17-7-3-1-4-8-17/h1-12,15-16,28,31H,13-14H2. The normalized spacial score (nSPS) is 11.2. The molecule has 2 aliphatic heterocycles. The lowest BCUT2D eigenvalue weighted by Crippen LogP contribution is -2.17. The van der Waals surface area contributed by atoms with Gasteiger partial charge in [0.25, 0.3) is 5.56 Å². The van der Waals surface area contributed by atoms with E-state index in [0.717, 1.165) is 22.5 Å². The zero-order chi connectivity index (χ0) is 22.1. The van der Waals surface area contributed by atoms with Crippen molar-refractivity contribution in [3.63, 3.8) is 0 Å². The number of hydrogen-bond donors (Lipinski definition) is 2. The fourth-order valence-electron chi connectivity index (χ4n) is 3.84. The van der Waals surface area contributed by atoms with Crippen molar-refractivity contribution in [1.29, 1.82) is 0 Å². The summed E-state index contributed by atoms with van der Waals surface area (Å²) in [5, 5.41) is 9.67. The summed E-state index contributed by atoms with van der Waals surface area (Å²) in [6.45, 7) is 0. The number of rotatable bonds is 5. The van der Waals surface area contributed by atoms with Crippen LogP contribution in [0, 0.1) is 5.82 Å². The molecule has 3 aromatic rings. The van der Waals surface area contributed by atoms with Crippen molar-refractivity contribution in [2.24, 2.45) is 0 Å². The van der Waals surface area contributed by atoms with E-state index in [2.05, 4.69) is 9.97 Å². The average molecular weight is 425 g/mol. The van der Waals surface area contributed by atoms with Gasteiger partial charge in [-0.15, -0.1) is 0 Å². The number of halogens is 1. The molecule has 0 radical (unpaired) electrons. The minimum Gasteiger partial charge on any atom is -0.505 e. The van der Waals surface area contributed by atoms with E-state index in [1.807, 2.05) is 60.7 Å². The highest BCUT2D eigenvalue weighted by molar-refractivity contribution is 5.60. The van der Waals surface area contributed by atoms with Crippen LogP contribution in [0.25, 0.3) is 17.1 Å². The van der Waals surface area contributed by atoms with Crippen LogP contribution in [-0.2, 0) is 12.8 Å². The fraction of sp³-hybridized carbons (Fsp3) is 0.0769. The summed E-state index contributed by atoms with van der Waals surface area (Å²) in [4.78, 5) is 21.3. The molecule has 0 atom stereocenters. The molecule has 3 aromatic carbocycles. The second-order valence-corrected chi connectivity index (χ2v) is 7.69. The summed E-state index contributed by atoms with van der Waals surface area (Å²) in [5.74, 6) is -0.582. The lowest BCUT2D eigenvalue weighted by Gasteiger charge is -2.13. The quantitative estimate of drug-likeness (QED) is 0.429. The number of nitrogens with zero attached hydrogens (tertiary/aromatic N) is 2. The van der Waals surface area contributed by atoms with Gasteiger partial charge in [0.1, 0.15) is 5.69 Å². The number of nitrogens with one attached hydrogen (secondary N) is 1. The largest absolute Gasteiger partial charge is 0.505 e. The van der Waals surface area contributed by atoms with E-state index in [4.69, 9.17) is 0 Å². The van der Waals surface area contributed by atoms with Gasteiger partial charge in [-0.2, -0.15) is 0 Å². The molecule has 6 heteroatoms.